The molecule has 0 fully saturated rings. The number of nitrogens with two attached hydrogens (primary N) is 1. The van der Waals surface area contributed by atoms with Gasteiger partial charge >= 0.3 is 0 Å². The van der Waals surface area contributed by atoms with E-state index < -0.39 is 0 Å². The molecule has 0 atom stereocenters. The van der Waals surface area contributed by atoms with E-state index in [4.69, 9.17) is 22.1 Å². The predicted octanol–water partition coefficient (Wildman–Crippen LogP) is 3.32. The molecular weight excluding hydrogens is 272 g/mol. The van der Waals surface area contributed by atoms with Crippen molar-refractivity contribution in [3.05, 3.63) is 58.6 Å². The Morgan fingerprint density at radius 1 is 1.20 bits per heavy atom. The zero-order valence-corrected chi connectivity index (χ0v) is 11.9. The van der Waals surface area contributed by atoms with Crippen molar-refractivity contribution in [1.82, 2.24) is 4.90 Å². The van der Waals surface area contributed by atoms with Crippen molar-refractivity contribution in [3.8, 4) is 5.75 Å². The van der Waals surface area contributed by atoms with Crippen LogP contribution in [-0.2, 0) is 13.1 Å². The zero-order valence-electron chi connectivity index (χ0n) is 11.2. The van der Waals surface area contributed by atoms with Crippen LogP contribution >= 0.6 is 11.6 Å². The summed E-state index contributed by atoms with van der Waals surface area (Å²) in [5.41, 5.74) is 8.74. The Bertz CT molecular complexity index is 615. The maximum atomic E-state index is 6.25. The van der Waals surface area contributed by atoms with Crippen molar-refractivity contribution < 1.29 is 4.74 Å². The molecular formula is C16H17ClN2O. The highest BCUT2D eigenvalue weighted by Gasteiger charge is 2.15. The fourth-order valence-corrected chi connectivity index (χ4v) is 2.70. The lowest BCUT2D eigenvalue weighted by atomic mass is 10.1. The molecule has 0 saturated carbocycles. The van der Waals surface area contributed by atoms with Gasteiger partial charge in [0.1, 0.15) is 12.4 Å². The predicted molar refractivity (Wildman–Crippen MR) is 81.9 cm³/mol. The van der Waals surface area contributed by atoms with E-state index in [1.807, 2.05) is 30.3 Å². The third kappa shape index (κ3) is 2.89. The first-order chi connectivity index (χ1) is 9.72. The molecule has 2 N–H and O–H groups in total. The van der Waals surface area contributed by atoms with Crippen molar-refractivity contribution >= 4 is 17.3 Å². The number of hydrogen-bond acceptors (Lipinski definition) is 3. The summed E-state index contributed by atoms with van der Waals surface area (Å²) in [5.74, 6) is 0.985. The number of halogens is 1. The van der Waals surface area contributed by atoms with Crippen LogP contribution in [0.25, 0.3) is 0 Å². The van der Waals surface area contributed by atoms with Gasteiger partial charge in [-0.25, -0.2) is 0 Å². The van der Waals surface area contributed by atoms with Crippen LogP contribution < -0.4 is 10.5 Å². The average molecular weight is 289 g/mol. The minimum atomic E-state index is 0.697. The van der Waals surface area contributed by atoms with E-state index >= 15 is 0 Å². The van der Waals surface area contributed by atoms with Gasteiger partial charge in [-0.3, -0.25) is 4.90 Å². The molecule has 0 spiro atoms. The van der Waals surface area contributed by atoms with Crippen molar-refractivity contribution in [1.29, 1.82) is 0 Å². The molecule has 0 saturated heterocycles. The normalized spacial score (nSPS) is 15.2. The average Bonchev–Trinajstić information content (AvgIpc) is 2.63. The Labute approximate surface area is 123 Å². The first kappa shape index (κ1) is 13.3. The van der Waals surface area contributed by atoms with Gasteiger partial charge in [-0.05, 0) is 23.8 Å². The van der Waals surface area contributed by atoms with E-state index in [-0.39, 0.29) is 0 Å². The highest BCUT2D eigenvalue weighted by molar-refractivity contribution is 6.31. The van der Waals surface area contributed by atoms with E-state index in [1.54, 1.807) is 6.07 Å². The molecule has 3 nitrogen and oxygen atoms in total. The maximum Gasteiger partial charge on any atom is 0.123 e. The number of para-hydroxylation sites is 1. The van der Waals surface area contributed by atoms with Gasteiger partial charge < -0.3 is 10.5 Å². The lowest BCUT2D eigenvalue weighted by Gasteiger charge is -2.20. The van der Waals surface area contributed by atoms with Crippen LogP contribution in [0, 0.1) is 0 Å². The molecule has 4 heteroatoms. The molecule has 0 aliphatic carbocycles. The second kappa shape index (κ2) is 5.73. The monoisotopic (exact) mass is 288 g/mol. The number of benzene rings is 2. The maximum absolute atomic E-state index is 6.25. The Kier molecular flexibility index (Phi) is 3.81. The molecule has 1 heterocycles. The van der Waals surface area contributed by atoms with Crippen LogP contribution in [0.1, 0.15) is 11.1 Å². The molecule has 0 bridgehead atoms. The van der Waals surface area contributed by atoms with Crippen LogP contribution in [0.4, 0.5) is 5.69 Å². The number of ether oxygens (including phenoxy) is 1. The van der Waals surface area contributed by atoms with Crippen molar-refractivity contribution in [3.63, 3.8) is 0 Å². The lowest BCUT2D eigenvalue weighted by Crippen LogP contribution is -2.25. The van der Waals surface area contributed by atoms with Crippen LogP contribution in [0.2, 0.25) is 5.02 Å². The van der Waals surface area contributed by atoms with E-state index in [2.05, 4.69) is 11.0 Å². The zero-order chi connectivity index (χ0) is 13.9. The Balaban J connectivity index is 1.78. The molecule has 0 unspecified atom stereocenters. The molecule has 1 aliphatic rings. The minimum absolute atomic E-state index is 0.697. The minimum Gasteiger partial charge on any atom is -0.492 e. The van der Waals surface area contributed by atoms with Gasteiger partial charge in [-0.2, -0.15) is 0 Å². The number of nitrogen functional groups attached to an aromatic ring is 1. The molecule has 0 aromatic heterocycles. The topological polar surface area (TPSA) is 38.5 Å². The molecule has 0 radical (unpaired) electrons. The van der Waals surface area contributed by atoms with Gasteiger partial charge in [0.25, 0.3) is 0 Å². The molecule has 1 aliphatic heterocycles. The van der Waals surface area contributed by atoms with E-state index in [1.165, 1.54) is 5.56 Å². The number of nitrogens with zero attached hydrogens (tertiary/aromatic N) is 1. The van der Waals surface area contributed by atoms with Gasteiger partial charge in [-0.15, -0.1) is 0 Å². The third-order valence-corrected chi connectivity index (χ3v) is 3.85. The summed E-state index contributed by atoms with van der Waals surface area (Å²) in [7, 11) is 0. The number of hydrogen-bond donors (Lipinski definition) is 1. The summed E-state index contributed by atoms with van der Waals surface area (Å²) in [4.78, 5) is 2.34. The first-order valence-electron chi connectivity index (χ1n) is 6.69. The van der Waals surface area contributed by atoms with Crippen LogP contribution in [0.15, 0.2) is 42.5 Å². The van der Waals surface area contributed by atoms with Gasteiger partial charge in [0, 0.05) is 35.9 Å². The smallest absolute Gasteiger partial charge is 0.123 e. The molecule has 3 rings (SSSR count). The van der Waals surface area contributed by atoms with Gasteiger partial charge in [-0.1, -0.05) is 35.9 Å². The fourth-order valence-electron chi connectivity index (χ4n) is 2.45. The summed E-state index contributed by atoms with van der Waals surface area (Å²) in [6.45, 7) is 3.26. The molecule has 2 aromatic rings. The quantitative estimate of drug-likeness (QED) is 0.862. The summed E-state index contributed by atoms with van der Waals surface area (Å²) < 4.78 is 5.77. The summed E-state index contributed by atoms with van der Waals surface area (Å²) in [5, 5.41) is 0.725. The lowest BCUT2D eigenvalue weighted by molar-refractivity contribution is 0.219. The van der Waals surface area contributed by atoms with Crippen molar-refractivity contribution in [2.75, 3.05) is 18.9 Å². The van der Waals surface area contributed by atoms with Gasteiger partial charge in [0.15, 0.2) is 0 Å². The number of anilines is 1. The van der Waals surface area contributed by atoms with E-state index in [0.29, 0.717) is 12.3 Å². The largest absolute Gasteiger partial charge is 0.492 e. The molecule has 20 heavy (non-hydrogen) atoms. The summed E-state index contributed by atoms with van der Waals surface area (Å²) in [6, 6.07) is 13.9. The van der Waals surface area contributed by atoms with E-state index in [0.717, 1.165) is 36.0 Å². The summed E-state index contributed by atoms with van der Waals surface area (Å²) >= 11 is 6.25. The second-order valence-corrected chi connectivity index (χ2v) is 5.42. The highest BCUT2D eigenvalue weighted by atomic mass is 35.5. The van der Waals surface area contributed by atoms with E-state index in [9.17, 15) is 0 Å². The fraction of sp³-hybridized carbons (Fsp3) is 0.250. The van der Waals surface area contributed by atoms with Gasteiger partial charge in [0.05, 0.1) is 0 Å². The first-order valence-corrected chi connectivity index (χ1v) is 7.07. The third-order valence-electron chi connectivity index (χ3n) is 3.50. The highest BCUT2D eigenvalue weighted by Crippen LogP contribution is 2.25. The second-order valence-electron chi connectivity index (χ2n) is 5.02. The SMILES string of the molecule is Nc1ccc(CN2CCOc3ccccc3C2)c(Cl)c1. The van der Waals surface area contributed by atoms with Crippen molar-refractivity contribution in [2.45, 2.75) is 13.1 Å². The van der Waals surface area contributed by atoms with Crippen LogP contribution in [-0.4, -0.2) is 18.1 Å². The number of fused-ring (bicyclic) bond motifs is 1. The number of rotatable bonds is 2. The Hall–Kier alpha value is -1.71. The van der Waals surface area contributed by atoms with Crippen LogP contribution in [0.5, 0.6) is 5.75 Å². The van der Waals surface area contributed by atoms with Crippen molar-refractivity contribution in [2.24, 2.45) is 0 Å². The standard InChI is InChI=1S/C16H17ClN2O/c17-15-9-14(18)6-5-12(15)10-19-7-8-20-16-4-2-1-3-13(16)11-19/h1-6,9H,7-8,10-11,18H2. The van der Waals surface area contributed by atoms with Gasteiger partial charge in [0.2, 0.25) is 0 Å². The van der Waals surface area contributed by atoms with Crippen LogP contribution in [0.3, 0.4) is 0 Å². The molecule has 0 amide bonds. The summed E-state index contributed by atoms with van der Waals surface area (Å²) in [6.07, 6.45) is 0. The molecule has 104 valence electrons. The Morgan fingerprint density at radius 2 is 2.05 bits per heavy atom. The Morgan fingerprint density at radius 3 is 2.90 bits per heavy atom. The molecule has 2 aromatic carbocycles.